The zero-order valence-electron chi connectivity index (χ0n) is 14.5. The monoisotopic (exact) mass is 389 g/mol. The number of hydrogen-bond acceptors (Lipinski definition) is 5. The second kappa shape index (κ2) is 7.85. The van der Waals surface area contributed by atoms with Gasteiger partial charge in [-0.3, -0.25) is 14.9 Å². The number of nitro benzene ring substituents is 1. The zero-order valence-corrected chi connectivity index (χ0v) is 15.3. The molecule has 142 valence electrons. The summed E-state index contributed by atoms with van der Waals surface area (Å²) in [5.41, 5.74) is 2.03. The van der Waals surface area contributed by atoms with Crippen LogP contribution in [0.15, 0.2) is 53.4 Å². The lowest BCUT2D eigenvalue weighted by atomic mass is 10.00. The van der Waals surface area contributed by atoms with Crippen LogP contribution in [0.4, 0.5) is 5.69 Å². The second-order valence-corrected chi connectivity index (χ2v) is 8.00. The Balaban J connectivity index is 1.57. The lowest BCUT2D eigenvalue weighted by molar-refractivity contribution is -0.385. The van der Waals surface area contributed by atoms with Crippen LogP contribution in [0.25, 0.3) is 0 Å². The van der Waals surface area contributed by atoms with Gasteiger partial charge >= 0.3 is 0 Å². The molecule has 0 aliphatic carbocycles. The normalized spacial score (nSPS) is 13.9. The van der Waals surface area contributed by atoms with Crippen LogP contribution in [0.1, 0.15) is 17.5 Å². The maximum absolute atomic E-state index is 12.4. The van der Waals surface area contributed by atoms with Gasteiger partial charge in [-0.1, -0.05) is 30.3 Å². The molecule has 1 heterocycles. The Morgan fingerprint density at radius 1 is 1.15 bits per heavy atom. The number of fused-ring (bicyclic) bond motifs is 1. The Bertz CT molecular complexity index is 974. The molecule has 0 spiro atoms. The van der Waals surface area contributed by atoms with Crippen molar-refractivity contribution in [2.45, 2.75) is 24.3 Å². The zero-order chi connectivity index (χ0) is 19.4. The number of hydrogen-bond donors (Lipinski definition) is 1. The molecular formula is C18H19N3O5S. The molecule has 0 bridgehead atoms. The molecule has 1 aliphatic rings. The molecule has 2 aromatic carbocycles. The summed E-state index contributed by atoms with van der Waals surface area (Å²) in [6.07, 6.45) is 0.803. The highest BCUT2D eigenvalue weighted by Gasteiger charge is 2.21. The molecule has 0 atom stereocenters. The van der Waals surface area contributed by atoms with E-state index in [0.29, 0.717) is 13.1 Å². The van der Waals surface area contributed by atoms with E-state index < -0.39 is 14.9 Å². The predicted molar refractivity (Wildman–Crippen MR) is 98.5 cm³/mol. The molecule has 0 saturated carbocycles. The minimum absolute atomic E-state index is 0.0241. The lowest BCUT2D eigenvalue weighted by Crippen LogP contribution is -2.38. The fraction of sp³-hybridized carbons (Fsp3) is 0.278. The van der Waals surface area contributed by atoms with E-state index in [1.54, 1.807) is 4.90 Å². The van der Waals surface area contributed by atoms with Crippen LogP contribution < -0.4 is 4.72 Å². The third-order valence-electron chi connectivity index (χ3n) is 4.45. The van der Waals surface area contributed by atoms with Crippen molar-refractivity contribution in [2.24, 2.45) is 0 Å². The van der Waals surface area contributed by atoms with Crippen LogP contribution in [0.5, 0.6) is 0 Å². The van der Waals surface area contributed by atoms with Crippen molar-refractivity contribution in [3.8, 4) is 0 Å². The summed E-state index contributed by atoms with van der Waals surface area (Å²) in [6, 6.07) is 12.7. The molecule has 0 saturated heterocycles. The van der Waals surface area contributed by atoms with Crippen LogP contribution in [-0.2, 0) is 27.8 Å². The summed E-state index contributed by atoms with van der Waals surface area (Å²) < 4.78 is 26.9. The smallest absolute Gasteiger partial charge is 0.270 e. The van der Waals surface area contributed by atoms with Gasteiger partial charge in [-0.05, 0) is 23.6 Å². The Kier molecular flexibility index (Phi) is 5.52. The van der Waals surface area contributed by atoms with Crippen LogP contribution in [0.2, 0.25) is 0 Å². The highest BCUT2D eigenvalue weighted by Crippen LogP contribution is 2.19. The molecule has 0 aromatic heterocycles. The van der Waals surface area contributed by atoms with Crippen molar-refractivity contribution in [3.63, 3.8) is 0 Å². The molecule has 2 aromatic rings. The van der Waals surface area contributed by atoms with Crippen molar-refractivity contribution in [1.29, 1.82) is 0 Å². The minimum Gasteiger partial charge on any atom is -0.338 e. The highest BCUT2D eigenvalue weighted by atomic mass is 32.2. The van der Waals surface area contributed by atoms with E-state index in [9.17, 15) is 23.3 Å². The molecule has 1 N–H and O–H groups in total. The van der Waals surface area contributed by atoms with E-state index in [-0.39, 0.29) is 29.5 Å². The van der Waals surface area contributed by atoms with Gasteiger partial charge in [-0.15, -0.1) is 0 Å². The first-order chi connectivity index (χ1) is 12.9. The Morgan fingerprint density at radius 2 is 1.89 bits per heavy atom. The van der Waals surface area contributed by atoms with E-state index in [2.05, 4.69) is 4.72 Å². The number of nitrogens with one attached hydrogen (secondary N) is 1. The van der Waals surface area contributed by atoms with Gasteiger partial charge in [-0.2, -0.15) is 0 Å². The van der Waals surface area contributed by atoms with E-state index in [1.807, 2.05) is 24.3 Å². The first kappa shape index (κ1) is 19.0. The van der Waals surface area contributed by atoms with Crippen molar-refractivity contribution in [1.82, 2.24) is 9.62 Å². The summed E-state index contributed by atoms with van der Waals surface area (Å²) in [7, 11) is -3.92. The summed E-state index contributed by atoms with van der Waals surface area (Å²) >= 11 is 0. The minimum atomic E-state index is -3.92. The average molecular weight is 389 g/mol. The topological polar surface area (TPSA) is 110 Å². The summed E-state index contributed by atoms with van der Waals surface area (Å²) in [5, 5.41) is 10.8. The first-order valence-corrected chi connectivity index (χ1v) is 9.94. The molecule has 27 heavy (non-hydrogen) atoms. The van der Waals surface area contributed by atoms with Crippen molar-refractivity contribution in [3.05, 3.63) is 69.8 Å². The van der Waals surface area contributed by atoms with E-state index in [0.717, 1.165) is 18.1 Å². The molecule has 9 heteroatoms. The van der Waals surface area contributed by atoms with E-state index in [4.69, 9.17) is 0 Å². The number of carbonyl (C=O) groups excluding carboxylic acids is 1. The van der Waals surface area contributed by atoms with Gasteiger partial charge in [0.05, 0.1) is 9.82 Å². The SMILES string of the molecule is O=C(CCNS(=O)(=O)c1cccc([N+](=O)[O-])c1)N1CCc2ccccc2C1. The van der Waals surface area contributed by atoms with E-state index in [1.165, 1.54) is 23.8 Å². The predicted octanol–water partition coefficient (Wildman–Crippen LogP) is 1.85. The fourth-order valence-electron chi connectivity index (χ4n) is 3.01. The highest BCUT2D eigenvalue weighted by molar-refractivity contribution is 7.89. The van der Waals surface area contributed by atoms with Gasteiger partial charge in [-0.25, -0.2) is 13.1 Å². The molecule has 0 fully saturated rings. The molecule has 0 radical (unpaired) electrons. The Morgan fingerprint density at radius 3 is 2.63 bits per heavy atom. The summed E-state index contributed by atoms with van der Waals surface area (Å²) in [5.74, 6) is -0.133. The van der Waals surface area contributed by atoms with Crippen molar-refractivity contribution < 1.29 is 18.1 Å². The number of rotatable bonds is 6. The molecular weight excluding hydrogens is 370 g/mol. The maximum Gasteiger partial charge on any atom is 0.270 e. The van der Waals surface area contributed by atoms with Gasteiger partial charge < -0.3 is 4.90 Å². The molecule has 1 aliphatic heterocycles. The third kappa shape index (κ3) is 4.50. The van der Waals surface area contributed by atoms with Gasteiger partial charge in [0.25, 0.3) is 5.69 Å². The number of sulfonamides is 1. The molecule has 0 unspecified atom stereocenters. The van der Waals surface area contributed by atoms with Gasteiger partial charge in [0.15, 0.2) is 0 Å². The lowest BCUT2D eigenvalue weighted by Gasteiger charge is -2.29. The number of carbonyl (C=O) groups is 1. The number of amides is 1. The summed E-state index contributed by atoms with van der Waals surface area (Å²) in [4.78, 5) is 24.0. The molecule has 3 rings (SSSR count). The van der Waals surface area contributed by atoms with Crippen LogP contribution in [0.3, 0.4) is 0 Å². The number of benzene rings is 2. The Labute approximate surface area is 157 Å². The quantitative estimate of drug-likeness (QED) is 0.599. The number of nitrogens with zero attached hydrogens (tertiary/aromatic N) is 2. The van der Waals surface area contributed by atoms with Crippen LogP contribution in [-0.4, -0.2) is 37.2 Å². The van der Waals surface area contributed by atoms with E-state index >= 15 is 0 Å². The first-order valence-electron chi connectivity index (χ1n) is 8.45. The maximum atomic E-state index is 12.4. The number of non-ortho nitro benzene ring substituents is 1. The average Bonchev–Trinajstić information content (AvgIpc) is 2.67. The standard InChI is InChI=1S/C18H19N3O5S/c22-18(20-11-9-14-4-1-2-5-15(14)13-20)8-10-19-27(25,26)17-7-3-6-16(12-17)21(23)24/h1-7,12,19H,8-11,13H2. The van der Waals surface area contributed by atoms with Gasteiger partial charge in [0.1, 0.15) is 0 Å². The second-order valence-electron chi connectivity index (χ2n) is 6.24. The molecule has 1 amide bonds. The van der Waals surface area contributed by atoms with Gasteiger partial charge in [0.2, 0.25) is 15.9 Å². The van der Waals surface area contributed by atoms with Gasteiger partial charge in [0, 0.05) is 38.2 Å². The largest absolute Gasteiger partial charge is 0.338 e. The van der Waals surface area contributed by atoms with Crippen LogP contribution >= 0.6 is 0 Å². The van der Waals surface area contributed by atoms with Crippen molar-refractivity contribution in [2.75, 3.05) is 13.1 Å². The van der Waals surface area contributed by atoms with Crippen LogP contribution in [0, 0.1) is 10.1 Å². The Hall–Kier alpha value is -2.78. The molecule has 8 nitrogen and oxygen atoms in total. The number of nitro groups is 1. The van der Waals surface area contributed by atoms with Crippen molar-refractivity contribution >= 4 is 21.6 Å². The third-order valence-corrected chi connectivity index (χ3v) is 5.91. The fourth-order valence-corrected chi connectivity index (χ4v) is 4.08. The summed E-state index contributed by atoms with van der Waals surface area (Å²) in [6.45, 7) is 1.06.